The number of sulfonamides is 1. The average Bonchev–Trinajstić information content (AvgIpc) is 2.44. The molecule has 23 heavy (non-hydrogen) atoms. The maximum absolute atomic E-state index is 12.1. The van der Waals surface area contributed by atoms with Gasteiger partial charge in [0.1, 0.15) is 5.75 Å². The number of halogens is 1. The normalized spacial score (nSPS) is 11.4. The summed E-state index contributed by atoms with van der Waals surface area (Å²) >= 11 is 6.06. The van der Waals surface area contributed by atoms with Crippen LogP contribution >= 0.6 is 11.6 Å². The van der Waals surface area contributed by atoms with Crippen LogP contribution in [0.4, 0.5) is 5.69 Å². The van der Waals surface area contributed by atoms with Crippen molar-refractivity contribution >= 4 is 33.2 Å². The predicted molar refractivity (Wildman–Crippen MR) is 92.8 cm³/mol. The molecule has 0 aromatic heterocycles. The first-order chi connectivity index (χ1) is 10.6. The van der Waals surface area contributed by atoms with E-state index in [-0.39, 0.29) is 24.9 Å². The van der Waals surface area contributed by atoms with Gasteiger partial charge < -0.3 is 10.1 Å². The van der Waals surface area contributed by atoms with Gasteiger partial charge in [0.15, 0.2) is 0 Å². The Kier molecular flexibility index (Phi) is 6.70. The van der Waals surface area contributed by atoms with Crippen LogP contribution in [-0.2, 0) is 14.8 Å². The second kappa shape index (κ2) is 7.88. The molecule has 0 aliphatic heterocycles. The summed E-state index contributed by atoms with van der Waals surface area (Å²) in [7, 11) is -2.09. The number of rotatable bonds is 7. The zero-order chi connectivity index (χ0) is 17.8. The second-order valence-electron chi connectivity index (χ2n) is 5.55. The van der Waals surface area contributed by atoms with Crippen LogP contribution in [-0.4, -0.2) is 40.8 Å². The molecule has 1 amide bonds. The molecule has 0 saturated carbocycles. The first-order valence-corrected chi connectivity index (χ1v) is 9.40. The molecule has 6 nitrogen and oxygen atoms in total. The summed E-state index contributed by atoms with van der Waals surface area (Å²) in [5, 5.41) is 3.20. The Morgan fingerprint density at radius 1 is 1.39 bits per heavy atom. The number of hydrogen-bond donors (Lipinski definition) is 1. The van der Waals surface area contributed by atoms with Gasteiger partial charge in [-0.3, -0.25) is 9.10 Å². The van der Waals surface area contributed by atoms with Crippen LogP contribution in [0.25, 0.3) is 0 Å². The molecule has 8 heteroatoms. The molecule has 0 saturated heterocycles. The Morgan fingerprint density at radius 3 is 2.48 bits per heavy atom. The molecule has 0 unspecified atom stereocenters. The Hall–Kier alpha value is -1.47. The molecule has 0 heterocycles. The highest BCUT2D eigenvalue weighted by molar-refractivity contribution is 7.92. The van der Waals surface area contributed by atoms with Crippen molar-refractivity contribution in [1.29, 1.82) is 0 Å². The van der Waals surface area contributed by atoms with Crippen LogP contribution in [0, 0.1) is 12.8 Å². The van der Waals surface area contributed by atoms with Crippen molar-refractivity contribution in [2.75, 3.05) is 30.8 Å². The molecular formula is C15H23ClN2O4S. The van der Waals surface area contributed by atoms with Crippen molar-refractivity contribution in [3.8, 4) is 5.75 Å². The maximum Gasteiger partial charge on any atom is 0.232 e. The van der Waals surface area contributed by atoms with E-state index >= 15 is 0 Å². The van der Waals surface area contributed by atoms with E-state index in [9.17, 15) is 13.2 Å². The van der Waals surface area contributed by atoms with Crippen molar-refractivity contribution in [3.63, 3.8) is 0 Å². The Morgan fingerprint density at radius 2 is 2.00 bits per heavy atom. The summed E-state index contributed by atoms with van der Waals surface area (Å²) in [5.41, 5.74) is 1.14. The smallest absolute Gasteiger partial charge is 0.232 e. The number of aryl methyl sites for hydroxylation is 1. The minimum atomic E-state index is -3.54. The number of ether oxygens (including phenoxy) is 1. The summed E-state index contributed by atoms with van der Waals surface area (Å²) < 4.78 is 30.7. The van der Waals surface area contributed by atoms with E-state index in [4.69, 9.17) is 16.3 Å². The molecule has 0 spiro atoms. The van der Waals surface area contributed by atoms with Crippen molar-refractivity contribution < 1.29 is 17.9 Å². The minimum Gasteiger partial charge on any atom is -0.494 e. The number of nitrogens with zero attached hydrogens (tertiary/aromatic N) is 1. The number of nitrogens with one attached hydrogen (secondary N) is 1. The average molecular weight is 363 g/mol. The molecule has 0 bridgehead atoms. The minimum absolute atomic E-state index is 0.106. The van der Waals surface area contributed by atoms with Crippen molar-refractivity contribution in [2.45, 2.75) is 20.8 Å². The fourth-order valence-electron chi connectivity index (χ4n) is 1.96. The summed E-state index contributed by atoms with van der Waals surface area (Å²) in [6.45, 7) is 5.64. The Balaban J connectivity index is 3.09. The van der Waals surface area contributed by atoms with E-state index in [2.05, 4.69) is 5.32 Å². The van der Waals surface area contributed by atoms with Crippen molar-refractivity contribution in [2.24, 2.45) is 5.92 Å². The maximum atomic E-state index is 12.1. The lowest BCUT2D eigenvalue weighted by Crippen LogP contribution is -2.39. The van der Waals surface area contributed by atoms with Gasteiger partial charge in [-0.2, -0.15) is 0 Å². The third kappa shape index (κ3) is 5.28. The van der Waals surface area contributed by atoms with Gasteiger partial charge in [0.2, 0.25) is 15.9 Å². The van der Waals surface area contributed by atoms with Gasteiger partial charge in [0.05, 0.1) is 25.6 Å². The van der Waals surface area contributed by atoms with E-state index < -0.39 is 10.0 Å². The number of benzene rings is 1. The van der Waals surface area contributed by atoms with Gasteiger partial charge in [-0.15, -0.1) is 0 Å². The lowest BCUT2D eigenvalue weighted by molar-refractivity contribution is -0.123. The molecule has 0 radical (unpaired) electrons. The van der Waals surface area contributed by atoms with E-state index in [0.29, 0.717) is 16.5 Å². The summed E-state index contributed by atoms with van der Waals surface area (Å²) in [4.78, 5) is 11.6. The van der Waals surface area contributed by atoms with E-state index in [1.807, 2.05) is 0 Å². The third-order valence-electron chi connectivity index (χ3n) is 3.27. The highest BCUT2D eigenvalue weighted by Gasteiger charge is 2.22. The van der Waals surface area contributed by atoms with Gasteiger partial charge in [-0.25, -0.2) is 8.42 Å². The van der Waals surface area contributed by atoms with Crippen LogP contribution in [0.3, 0.4) is 0 Å². The lowest BCUT2D eigenvalue weighted by Gasteiger charge is -2.25. The molecule has 1 N–H and O–H groups in total. The quantitative estimate of drug-likeness (QED) is 0.806. The standard InChI is InChI=1S/C15H23ClN2O4S/c1-10(2)15(19)17-6-7-18(23(5,20)21)13-8-11(3)12(16)9-14(13)22-4/h8-10H,6-7H2,1-5H3,(H,17,19). The molecule has 1 aromatic carbocycles. The van der Waals surface area contributed by atoms with Gasteiger partial charge >= 0.3 is 0 Å². The molecule has 1 aromatic rings. The number of carbonyl (C=O) groups is 1. The van der Waals surface area contributed by atoms with E-state index in [1.54, 1.807) is 32.9 Å². The van der Waals surface area contributed by atoms with Gasteiger partial charge in [0.25, 0.3) is 0 Å². The molecule has 0 fully saturated rings. The number of hydrogen-bond acceptors (Lipinski definition) is 4. The fraction of sp³-hybridized carbons (Fsp3) is 0.533. The Bertz CT molecular complexity index is 674. The number of carbonyl (C=O) groups excluding carboxylic acids is 1. The number of methoxy groups -OCH3 is 1. The largest absolute Gasteiger partial charge is 0.494 e. The van der Waals surface area contributed by atoms with Gasteiger partial charge in [-0.05, 0) is 18.6 Å². The second-order valence-corrected chi connectivity index (χ2v) is 7.87. The molecule has 130 valence electrons. The van der Waals surface area contributed by atoms with Crippen LogP contribution in [0.1, 0.15) is 19.4 Å². The molecular weight excluding hydrogens is 340 g/mol. The first kappa shape index (κ1) is 19.6. The summed E-state index contributed by atoms with van der Waals surface area (Å²) in [6, 6.07) is 3.24. The summed E-state index contributed by atoms with van der Waals surface area (Å²) in [6.07, 6.45) is 1.11. The van der Waals surface area contributed by atoms with Crippen molar-refractivity contribution in [1.82, 2.24) is 5.32 Å². The predicted octanol–water partition coefficient (Wildman–Crippen LogP) is 2.20. The van der Waals surface area contributed by atoms with Gasteiger partial charge in [-0.1, -0.05) is 25.4 Å². The number of anilines is 1. The lowest BCUT2D eigenvalue weighted by atomic mass is 10.2. The van der Waals surface area contributed by atoms with E-state index in [1.165, 1.54) is 11.4 Å². The molecule has 0 atom stereocenters. The zero-order valence-electron chi connectivity index (χ0n) is 14.0. The Labute approximate surface area is 142 Å². The zero-order valence-corrected chi connectivity index (χ0v) is 15.6. The first-order valence-electron chi connectivity index (χ1n) is 7.17. The molecule has 0 aliphatic rings. The monoisotopic (exact) mass is 362 g/mol. The third-order valence-corrected chi connectivity index (χ3v) is 4.85. The number of amides is 1. The summed E-state index contributed by atoms with van der Waals surface area (Å²) in [5.74, 6) is 0.0768. The SMILES string of the molecule is COc1cc(Cl)c(C)cc1N(CCNC(=O)C(C)C)S(C)(=O)=O. The molecule has 1 rings (SSSR count). The van der Waals surface area contributed by atoms with Crippen LogP contribution in [0.5, 0.6) is 5.75 Å². The van der Waals surface area contributed by atoms with Crippen LogP contribution in [0.2, 0.25) is 5.02 Å². The van der Waals surface area contributed by atoms with Gasteiger partial charge in [0, 0.05) is 23.6 Å². The fourth-order valence-corrected chi connectivity index (χ4v) is 3.03. The van der Waals surface area contributed by atoms with E-state index in [0.717, 1.165) is 11.8 Å². The van der Waals surface area contributed by atoms with Crippen LogP contribution in [0.15, 0.2) is 12.1 Å². The molecule has 0 aliphatic carbocycles. The van der Waals surface area contributed by atoms with Crippen LogP contribution < -0.4 is 14.4 Å². The topological polar surface area (TPSA) is 75.7 Å². The van der Waals surface area contributed by atoms with Crippen molar-refractivity contribution in [3.05, 3.63) is 22.7 Å². The highest BCUT2D eigenvalue weighted by atomic mass is 35.5. The highest BCUT2D eigenvalue weighted by Crippen LogP contribution is 2.34.